The summed E-state index contributed by atoms with van der Waals surface area (Å²) in [6.07, 6.45) is 0. The molecule has 130 valence electrons. The number of piperazine rings is 1. The van der Waals surface area contributed by atoms with Crippen molar-refractivity contribution in [2.24, 2.45) is 7.05 Å². The second kappa shape index (κ2) is 6.07. The molecule has 1 aliphatic heterocycles. The fourth-order valence-corrected chi connectivity index (χ4v) is 3.92. The van der Waals surface area contributed by atoms with Gasteiger partial charge in [-0.3, -0.25) is 4.79 Å². The van der Waals surface area contributed by atoms with Gasteiger partial charge in [0.05, 0.1) is 4.70 Å². The van der Waals surface area contributed by atoms with E-state index in [1.54, 1.807) is 13.1 Å². The van der Waals surface area contributed by atoms with Gasteiger partial charge in [-0.2, -0.15) is 5.10 Å². The highest BCUT2D eigenvalue weighted by molar-refractivity contribution is 7.22. The van der Waals surface area contributed by atoms with Gasteiger partial charge >= 0.3 is 0 Å². The van der Waals surface area contributed by atoms with E-state index in [4.69, 9.17) is 0 Å². The van der Waals surface area contributed by atoms with Crippen LogP contribution in [0.3, 0.4) is 0 Å². The molecule has 4 rings (SSSR count). The van der Waals surface area contributed by atoms with E-state index in [-0.39, 0.29) is 11.1 Å². The molecule has 0 radical (unpaired) electrons. The molecule has 0 amide bonds. The highest BCUT2D eigenvalue weighted by Gasteiger charge is 2.22. The summed E-state index contributed by atoms with van der Waals surface area (Å²) < 4.78 is 29.0. The minimum absolute atomic E-state index is 0.147. The van der Waals surface area contributed by atoms with Crippen LogP contribution in [0, 0.1) is 11.6 Å². The zero-order valence-corrected chi connectivity index (χ0v) is 14.3. The van der Waals surface area contributed by atoms with Gasteiger partial charge in [-0.05, 0) is 12.1 Å². The Hall–Kier alpha value is -2.55. The lowest BCUT2D eigenvalue weighted by atomic mass is 10.3. The van der Waals surface area contributed by atoms with E-state index in [1.165, 1.54) is 28.2 Å². The highest BCUT2D eigenvalue weighted by Crippen LogP contribution is 2.31. The molecule has 2 aromatic heterocycles. The van der Waals surface area contributed by atoms with Crippen LogP contribution in [0.2, 0.25) is 0 Å². The molecule has 0 aliphatic carbocycles. The Bertz CT molecular complexity index is 994. The smallest absolute Gasteiger partial charge is 0.266 e. The Labute approximate surface area is 145 Å². The van der Waals surface area contributed by atoms with Crippen molar-refractivity contribution in [3.63, 3.8) is 0 Å². The average Bonchev–Trinajstić information content (AvgIpc) is 3.02. The van der Waals surface area contributed by atoms with E-state index in [9.17, 15) is 13.6 Å². The summed E-state index contributed by atoms with van der Waals surface area (Å²) in [4.78, 5) is 19.9. The van der Waals surface area contributed by atoms with Crippen molar-refractivity contribution in [3.05, 3.63) is 46.3 Å². The third kappa shape index (κ3) is 2.95. The molecule has 1 saturated heterocycles. The maximum Gasteiger partial charge on any atom is 0.266 e. The molecule has 3 heterocycles. The standard InChI is InChI=1S/C16H15F2N5OS/c1-21-14(24)3-2-13(20-21)22-4-6-23(7-5-22)16-19-15-11(18)8-10(17)9-12(15)25-16/h2-3,8-9H,4-7H2,1H3. The lowest BCUT2D eigenvalue weighted by Crippen LogP contribution is -2.47. The van der Waals surface area contributed by atoms with Gasteiger partial charge in [-0.25, -0.2) is 18.4 Å². The van der Waals surface area contributed by atoms with Gasteiger partial charge in [0.25, 0.3) is 5.56 Å². The fraction of sp³-hybridized carbons (Fsp3) is 0.312. The number of aryl methyl sites for hydroxylation is 1. The summed E-state index contributed by atoms with van der Waals surface area (Å²) in [6, 6.07) is 5.38. The van der Waals surface area contributed by atoms with E-state index in [0.29, 0.717) is 36.0 Å². The lowest BCUT2D eigenvalue weighted by molar-refractivity contribution is 0.590. The Morgan fingerprint density at radius 2 is 1.80 bits per heavy atom. The molecule has 9 heteroatoms. The molecule has 0 atom stereocenters. The Morgan fingerprint density at radius 3 is 2.52 bits per heavy atom. The molecule has 0 N–H and O–H groups in total. The first-order valence-electron chi connectivity index (χ1n) is 7.81. The summed E-state index contributed by atoms with van der Waals surface area (Å²) in [5, 5.41) is 4.95. The van der Waals surface area contributed by atoms with Gasteiger partial charge in [0.15, 0.2) is 10.9 Å². The van der Waals surface area contributed by atoms with Crippen molar-refractivity contribution in [1.29, 1.82) is 0 Å². The van der Waals surface area contributed by atoms with E-state index >= 15 is 0 Å². The quantitative estimate of drug-likeness (QED) is 0.697. The second-order valence-corrected chi connectivity index (χ2v) is 6.87. The number of halogens is 2. The number of thiazole rings is 1. The largest absolute Gasteiger partial charge is 0.352 e. The van der Waals surface area contributed by atoms with E-state index in [2.05, 4.69) is 19.9 Å². The van der Waals surface area contributed by atoms with Crippen molar-refractivity contribution in [2.75, 3.05) is 36.0 Å². The third-order valence-corrected chi connectivity index (χ3v) is 5.29. The van der Waals surface area contributed by atoms with Crippen LogP contribution >= 0.6 is 11.3 Å². The van der Waals surface area contributed by atoms with Crippen LogP contribution in [0.4, 0.5) is 19.7 Å². The Morgan fingerprint density at radius 1 is 1.08 bits per heavy atom. The van der Waals surface area contributed by atoms with Gasteiger partial charge in [0.2, 0.25) is 0 Å². The van der Waals surface area contributed by atoms with Crippen LogP contribution in [0.1, 0.15) is 0 Å². The van der Waals surface area contributed by atoms with Crippen molar-refractivity contribution in [3.8, 4) is 0 Å². The van der Waals surface area contributed by atoms with Gasteiger partial charge in [-0.1, -0.05) is 11.3 Å². The first kappa shape index (κ1) is 15.9. The minimum Gasteiger partial charge on any atom is -0.352 e. The van der Waals surface area contributed by atoms with Crippen LogP contribution < -0.4 is 15.4 Å². The molecular formula is C16H15F2N5OS. The van der Waals surface area contributed by atoms with Crippen LogP contribution in [-0.4, -0.2) is 40.9 Å². The summed E-state index contributed by atoms with van der Waals surface area (Å²) in [5.41, 5.74) is 0.0645. The number of benzene rings is 1. The molecule has 0 bridgehead atoms. The number of rotatable bonds is 2. The molecule has 0 unspecified atom stereocenters. The molecule has 1 aromatic carbocycles. The molecule has 6 nitrogen and oxygen atoms in total. The highest BCUT2D eigenvalue weighted by atomic mass is 32.1. The van der Waals surface area contributed by atoms with Crippen LogP contribution in [0.25, 0.3) is 10.2 Å². The first-order chi connectivity index (χ1) is 12.0. The summed E-state index contributed by atoms with van der Waals surface area (Å²) in [5.74, 6) is -0.476. The molecule has 25 heavy (non-hydrogen) atoms. The summed E-state index contributed by atoms with van der Waals surface area (Å²) in [7, 11) is 1.62. The summed E-state index contributed by atoms with van der Waals surface area (Å²) >= 11 is 1.29. The van der Waals surface area contributed by atoms with Crippen molar-refractivity contribution >= 4 is 32.5 Å². The second-order valence-electron chi connectivity index (χ2n) is 5.86. The normalized spacial score (nSPS) is 15.2. The zero-order valence-electron chi connectivity index (χ0n) is 13.4. The van der Waals surface area contributed by atoms with Gasteiger partial charge in [0, 0.05) is 45.4 Å². The molecular weight excluding hydrogens is 348 g/mol. The SMILES string of the molecule is Cn1nc(N2CCN(c3nc4c(F)cc(F)cc4s3)CC2)ccc1=O. The predicted molar refractivity (Wildman–Crippen MR) is 93.4 cm³/mol. The fourth-order valence-electron chi connectivity index (χ4n) is 2.87. The van der Waals surface area contributed by atoms with E-state index in [1.807, 2.05) is 0 Å². The number of aromatic nitrogens is 3. The maximum atomic E-state index is 13.8. The molecule has 1 aliphatic rings. The third-order valence-electron chi connectivity index (χ3n) is 4.22. The van der Waals surface area contributed by atoms with Gasteiger partial charge in [-0.15, -0.1) is 0 Å². The van der Waals surface area contributed by atoms with E-state index < -0.39 is 11.6 Å². The molecule has 3 aromatic rings. The van der Waals surface area contributed by atoms with Crippen molar-refractivity contribution in [1.82, 2.24) is 14.8 Å². The molecule has 1 fully saturated rings. The first-order valence-corrected chi connectivity index (χ1v) is 8.63. The van der Waals surface area contributed by atoms with E-state index in [0.717, 1.165) is 11.9 Å². The Kier molecular flexibility index (Phi) is 3.87. The number of anilines is 2. The van der Waals surface area contributed by atoms with Crippen molar-refractivity contribution in [2.45, 2.75) is 0 Å². The predicted octanol–water partition coefficient (Wildman–Crippen LogP) is 1.99. The maximum absolute atomic E-state index is 13.8. The average molecular weight is 363 g/mol. The number of hydrogen-bond acceptors (Lipinski definition) is 6. The molecule has 0 spiro atoms. The van der Waals surface area contributed by atoms with Crippen LogP contribution in [-0.2, 0) is 7.05 Å². The minimum atomic E-state index is -0.634. The van der Waals surface area contributed by atoms with Gasteiger partial charge < -0.3 is 9.80 Å². The van der Waals surface area contributed by atoms with Crippen molar-refractivity contribution < 1.29 is 8.78 Å². The van der Waals surface area contributed by atoms with Crippen LogP contribution in [0.5, 0.6) is 0 Å². The lowest BCUT2D eigenvalue weighted by Gasteiger charge is -2.35. The zero-order chi connectivity index (χ0) is 17.6. The molecule has 0 saturated carbocycles. The van der Waals surface area contributed by atoms with Crippen LogP contribution in [0.15, 0.2) is 29.1 Å². The van der Waals surface area contributed by atoms with Gasteiger partial charge in [0.1, 0.15) is 17.2 Å². The number of nitrogens with zero attached hydrogens (tertiary/aromatic N) is 5. The summed E-state index contributed by atoms with van der Waals surface area (Å²) in [6.45, 7) is 2.79. The Balaban J connectivity index is 1.52. The number of fused-ring (bicyclic) bond motifs is 1. The monoisotopic (exact) mass is 363 g/mol. The number of hydrogen-bond donors (Lipinski definition) is 0. The topological polar surface area (TPSA) is 54.3 Å².